The number of nitrogens with one attached hydrogen (secondary N) is 2. The molecule has 0 aliphatic carbocycles. The Hall–Kier alpha value is -3.17. The Morgan fingerprint density at radius 1 is 1.30 bits per heavy atom. The van der Waals surface area contributed by atoms with Crippen molar-refractivity contribution in [2.75, 3.05) is 6.54 Å². The van der Waals surface area contributed by atoms with Gasteiger partial charge in [0.1, 0.15) is 5.82 Å². The highest BCUT2D eigenvalue weighted by atomic mass is 16.3. The topological polar surface area (TPSA) is 150 Å². The monoisotopic (exact) mass is 325 g/mol. The third kappa shape index (κ3) is 11.2. The van der Waals surface area contributed by atoms with Crippen LogP contribution in [0.4, 0.5) is 0 Å². The smallest absolute Gasteiger partial charge is 0.290 e. The predicted octanol–water partition coefficient (Wildman–Crippen LogP) is -0.243. The third-order valence-electron chi connectivity index (χ3n) is 2.40. The second-order valence-electron chi connectivity index (χ2n) is 3.90. The molecule has 10 nitrogen and oxygen atoms in total. The van der Waals surface area contributed by atoms with Crippen molar-refractivity contribution >= 4 is 18.9 Å². The fourth-order valence-electron chi connectivity index (χ4n) is 1.49. The summed E-state index contributed by atoms with van der Waals surface area (Å²) >= 11 is 0. The largest absolute Gasteiger partial charge is 0.483 e. The minimum absolute atomic E-state index is 0.0465. The molecule has 0 unspecified atom stereocenters. The number of nitrogens with zero attached hydrogens (tertiary/aromatic N) is 3. The highest BCUT2D eigenvalue weighted by Gasteiger charge is 2.01. The van der Waals surface area contributed by atoms with Crippen molar-refractivity contribution in [3.8, 4) is 0 Å². The van der Waals surface area contributed by atoms with Crippen LogP contribution in [0, 0.1) is 0 Å². The van der Waals surface area contributed by atoms with Gasteiger partial charge in [-0.3, -0.25) is 14.4 Å². The molecular formula is C13H19N5O5. The van der Waals surface area contributed by atoms with E-state index in [-0.39, 0.29) is 18.9 Å². The van der Waals surface area contributed by atoms with Gasteiger partial charge in [0.2, 0.25) is 5.91 Å². The Morgan fingerprint density at radius 2 is 2.00 bits per heavy atom. The number of aromatic nitrogens is 4. The number of rotatable bonds is 6. The number of carboxylic acid groups (broad SMARTS) is 2. The first-order valence-electron chi connectivity index (χ1n) is 6.54. The Labute approximate surface area is 132 Å². The molecule has 23 heavy (non-hydrogen) atoms. The molecule has 2 heterocycles. The van der Waals surface area contributed by atoms with Gasteiger partial charge in [-0.25, -0.2) is 9.97 Å². The van der Waals surface area contributed by atoms with E-state index in [1.165, 1.54) is 0 Å². The maximum atomic E-state index is 11.5. The molecule has 2 rings (SSSR count). The lowest BCUT2D eigenvalue weighted by molar-refractivity contribution is -0.123. The number of carbonyl (C=O) groups excluding carboxylic acids is 1. The Kier molecular flexibility index (Phi) is 11.9. The number of aryl methyl sites for hydroxylation is 1. The van der Waals surface area contributed by atoms with Gasteiger partial charge in [-0.2, -0.15) is 0 Å². The first-order valence-corrected chi connectivity index (χ1v) is 6.54. The number of H-pyrrole nitrogens is 1. The van der Waals surface area contributed by atoms with E-state index in [2.05, 4.69) is 20.3 Å². The maximum absolute atomic E-state index is 11.5. The van der Waals surface area contributed by atoms with Gasteiger partial charge in [-0.05, 0) is 0 Å². The number of carbonyl (C=O) groups is 3. The summed E-state index contributed by atoms with van der Waals surface area (Å²) in [7, 11) is 0. The summed E-state index contributed by atoms with van der Waals surface area (Å²) in [5.41, 5.74) is 0. The first kappa shape index (κ1) is 19.8. The van der Waals surface area contributed by atoms with Crippen LogP contribution in [0.15, 0.2) is 31.1 Å². The summed E-state index contributed by atoms with van der Waals surface area (Å²) in [5.74, 6) is 0.935. The van der Waals surface area contributed by atoms with E-state index in [1.54, 1.807) is 24.9 Å². The number of hydrogen-bond donors (Lipinski definition) is 4. The van der Waals surface area contributed by atoms with Crippen LogP contribution in [-0.2, 0) is 27.3 Å². The lowest BCUT2D eigenvalue weighted by Gasteiger charge is -2.04. The zero-order valence-corrected chi connectivity index (χ0v) is 12.3. The van der Waals surface area contributed by atoms with Gasteiger partial charge in [-0.1, -0.05) is 0 Å². The average Bonchev–Trinajstić information content (AvgIpc) is 3.20. The zero-order chi connectivity index (χ0) is 17.3. The molecule has 126 valence electrons. The maximum Gasteiger partial charge on any atom is 0.290 e. The van der Waals surface area contributed by atoms with Gasteiger partial charge < -0.3 is 25.1 Å². The fourth-order valence-corrected chi connectivity index (χ4v) is 1.49. The number of amides is 1. The van der Waals surface area contributed by atoms with Crippen LogP contribution in [0.3, 0.4) is 0 Å². The van der Waals surface area contributed by atoms with Gasteiger partial charge in [0.05, 0.1) is 6.33 Å². The lowest BCUT2D eigenvalue weighted by atomic mass is 10.3. The van der Waals surface area contributed by atoms with E-state index in [1.807, 2.05) is 10.8 Å². The minimum Gasteiger partial charge on any atom is -0.483 e. The van der Waals surface area contributed by atoms with E-state index < -0.39 is 0 Å². The summed E-state index contributed by atoms with van der Waals surface area (Å²) in [5, 5.41) is 16.6. The second kappa shape index (κ2) is 13.8. The number of hydrogen-bond acceptors (Lipinski definition) is 5. The van der Waals surface area contributed by atoms with Crippen LogP contribution in [-0.4, -0.2) is 55.1 Å². The molecular weight excluding hydrogens is 306 g/mol. The van der Waals surface area contributed by atoms with Crippen molar-refractivity contribution in [3.63, 3.8) is 0 Å². The zero-order valence-electron chi connectivity index (χ0n) is 12.3. The van der Waals surface area contributed by atoms with E-state index in [0.717, 1.165) is 12.2 Å². The molecule has 0 aliphatic heterocycles. The Morgan fingerprint density at radius 3 is 2.52 bits per heavy atom. The highest BCUT2D eigenvalue weighted by molar-refractivity contribution is 5.75. The van der Waals surface area contributed by atoms with Gasteiger partial charge in [0.15, 0.2) is 0 Å². The molecule has 0 bridgehead atoms. The summed E-state index contributed by atoms with van der Waals surface area (Å²) < 4.78 is 1.88. The molecule has 0 saturated heterocycles. The average molecular weight is 325 g/mol. The summed E-state index contributed by atoms with van der Waals surface area (Å²) in [6, 6.07) is 0. The normalized spacial score (nSPS) is 8.70. The molecule has 0 radical (unpaired) electrons. The van der Waals surface area contributed by atoms with E-state index in [0.29, 0.717) is 19.5 Å². The molecule has 0 saturated carbocycles. The van der Waals surface area contributed by atoms with Crippen molar-refractivity contribution in [3.05, 3.63) is 36.9 Å². The second-order valence-corrected chi connectivity index (χ2v) is 3.90. The Balaban J connectivity index is 0.000000704. The molecule has 1 amide bonds. The Bertz CT molecular complexity index is 521. The molecule has 0 aromatic carbocycles. The van der Waals surface area contributed by atoms with E-state index in [4.69, 9.17) is 19.8 Å². The van der Waals surface area contributed by atoms with Gasteiger partial charge in [-0.15, -0.1) is 0 Å². The summed E-state index contributed by atoms with van der Waals surface area (Å²) in [6.07, 6.45) is 9.92. The van der Waals surface area contributed by atoms with Crippen molar-refractivity contribution in [1.82, 2.24) is 24.8 Å². The molecule has 4 N–H and O–H groups in total. The number of aromatic amines is 1. The summed E-state index contributed by atoms with van der Waals surface area (Å²) in [4.78, 5) is 39.2. The van der Waals surface area contributed by atoms with Crippen molar-refractivity contribution < 1.29 is 24.6 Å². The van der Waals surface area contributed by atoms with Gasteiger partial charge in [0.25, 0.3) is 12.9 Å². The third-order valence-corrected chi connectivity index (χ3v) is 2.40. The molecule has 0 atom stereocenters. The van der Waals surface area contributed by atoms with Gasteiger partial charge in [0, 0.05) is 50.7 Å². The predicted molar refractivity (Wildman–Crippen MR) is 79.5 cm³/mol. The lowest BCUT2D eigenvalue weighted by Crippen LogP contribution is -2.26. The van der Waals surface area contributed by atoms with Crippen LogP contribution in [0.5, 0.6) is 0 Å². The fraction of sp³-hybridized carbons (Fsp3) is 0.308. The molecule has 2 aromatic rings. The molecule has 0 spiro atoms. The van der Waals surface area contributed by atoms with Crippen molar-refractivity contribution in [2.24, 2.45) is 0 Å². The van der Waals surface area contributed by atoms with Gasteiger partial charge >= 0.3 is 0 Å². The van der Waals surface area contributed by atoms with Crippen LogP contribution < -0.4 is 5.32 Å². The molecule has 0 fully saturated rings. The van der Waals surface area contributed by atoms with Crippen LogP contribution in [0.1, 0.15) is 12.2 Å². The minimum atomic E-state index is -0.250. The van der Waals surface area contributed by atoms with Crippen molar-refractivity contribution in [2.45, 2.75) is 19.4 Å². The van der Waals surface area contributed by atoms with Crippen LogP contribution in [0.25, 0.3) is 0 Å². The SMILES string of the molecule is O=C(CCn1ccnc1)NCCc1ncc[nH]1.O=CO.O=CO. The first-order chi connectivity index (χ1) is 11.2. The van der Waals surface area contributed by atoms with Crippen molar-refractivity contribution in [1.29, 1.82) is 0 Å². The number of imidazole rings is 2. The van der Waals surface area contributed by atoms with Crippen LogP contribution in [0.2, 0.25) is 0 Å². The quantitative estimate of drug-likeness (QED) is 0.535. The molecule has 2 aromatic heterocycles. The standard InChI is InChI=1S/C11H15N5O.2CH2O2/c17-11(2-7-16-8-6-12-9-16)15-3-1-10-13-4-5-14-10;2*2-1-3/h4-6,8-9H,1-3,7H2,(H,13,14)(H,15,17);2*1H,(H,2,3). The highest BCUT2D eigenvalue weighted by Crippen LogP contribution is 1.92. The molecule has 0 aliphatic rings. The summed E-state index contributed by atoms with van der Waals surface area (Å²) in [6.45, 7) is 0.767. The van der Waals surface area contributed by atoms with E-state index in [9.17, 15) is 4.79 Å². The van der Waals surface area contributed by atoms with Crippen LogP contribution >= 0.6 is 0 Å². The molecule has 10 heteroatoms. The van der Waals surface area contributed by atoms with E-state index >= 15 is 0 Å².